The average Bonchev–Trinajstić information content (AvgIpc) is 3.05. The van der Waals surface area contributed by atoms with Gasteiger partial charge in [-0.3, -0.25) is 4.79 Å². The Morgan fingerprint density at radius 2 is 2.13 bits per heavy atom. The second-order valence-electron chi connectivity index (χ2n) is 6.28. The first-order chi connectivity index (χ1) is 11.0. The van der Waals surface area contributed by atoms with Gasteiger partial charge in [0.15, 0.2) is 0 Å². The average molecular weight is 315 g/mol. The number of halogens is 1. The first-order valence-corrected chi connectivity index (χ1v) is 7.72. The van der Waals surface area contributed by atoms with Gasteiger partial charge in [0.05, 0.1) is 17.3 Å². The summed E-state index contributed by atoms with van der Waals surface area (Å²) in [6.45, 7) is 2.09. The quantitative estimate of drug-likeness (QED) is 0.757. The van der Waals surface area contributed by atoms with Crippen molar-refractivity contribution in [2.45, 2.75) is 18.8 Å². The zero-order chi connectivity index (χ0) is 16.1. The molecule has 3 aromatic rings. The maximum absolute atomic E-state index is 13.7. The molecule has 1 amide bonds. The van der Waals surface area contributed by atoms with Crippen LogP contribution in [-0.2, 0) is 0 Å². The number of aromatic amines is 1. The molecule has 1 fully saturated rings. The molecule has 6 nitrogen and oxygen atoms in total. The Balaban J connectivity index is 1.90. The van der Waals surface area contributed by atoms with Gasteiger partial charge in [-0.05, 0) is 51.0 Å². The fourth-order valence-electron chi connectivity index (χ4n) is 3.51. The molecule has 1 aliphatic rings. The third kappa shape index (κ3) is 2.19. The Labute approximate surface area is 132 Å². The molecule has 0 radical (unpaired) electrons. The van der Waals surface area contributed by atoms with E-state index in [-0.39, 0.29) is 5.56 Å². The van der Waals surface area contributed by atoms with Crippen LogP contribution in [0, 0.1) is 5.82 Å². The lowest BCUT2D eigenvalue weighted by Crippen LogP contribution is -2.29. The van der Waals surface area contributed by atoms with Crippen molar-refractivity contribution in [2.24, 2.45) is 5.73 Å². The molecule has 0 saturated carbocycles. The molecule has 23 heavy (non-hydrogen) atoms. The van der Waals surface area contributed by atoms with E-state index in [0.29, 0.717) is 17.0 Å². The van der Waals surface area contributed by atoms with Crippen molar-refractivity contribution in [2.75, 3.05) is 20.1 Å². The summed E-state index contributed by atoms with van der Waals surface area (Å²) < 4.78 is 15.4. The van der Waals surface area contributed by atoms with E-state index in [1.807, 2.05) is 6.20 Å². The maximum atomic E-state index is 13.7. The van der Waals surface area contributed by atoms with Gasteiger partial charge in [-0.15, -0.1) is 0 Å². The van der Waals surface area contributed by atoms with Gasteiger partial charge in [0.25, 0.3) is 5.91 Å². The summed E-state index contributed by atoms with van der Waals surface area (Å²) >= 11 is 0. The number of piperidine rings is 1. The topological polar surface area (TPSA) is 79.4 Å². The Bertz CT molecular complexity index is 904. The second kappa shape index (κ2) is 5.06. The number of fused-ring (bicyclic) bond motifs is 3. The van der Waals surface area contributed by atoms with Crippen molar-refractivity contribution in [1.29, 1.82) is 0 Å². The van der Waals surface area contributed by atoms with Gasteiger partial charge in [0, 0.05) is 5.56 Å². The van der Waals surface area contributed by atoms with Crippen molar-refractivity contribution < 1.29 is 9.18 Å². The first kappa shape index (κ1) is 14.2. The number of carbonyl (C=O) groups is 1. The molecule has 3 heterocycles. The van der Waals surface area contributed by atoms with Crippen molar-refractivity contribution in [3.63, 3.8) is 0 Å². The molecule has 0 atom stereocenters. The summed E-state index contributed by atoms with van der Waals surface area (Å²) in [6, 6.07) is 2.53. The van der Waals surface area contributed by atoms with Crippen molar-refractivity contribution in [1.82, 2.24) is 19.5 Å². The van der Waals surface area contributed by atoms with Gasteiger partial charge < -0.3 is 15.6 Å². The number of amides is 1. The number of hydrogen-bond acceptors (Lipinski definition) is 3. The standard InChI is InChI=1S/C16H18FN5O/c1-21-4-2-9(3-5-21)12-8-19-22-14-11(15(18)23)6-10(17)7-13(14)20-16(12)22/h6-9,20H,2-5H2,1H3,(H2,18,23). The summed E-state index contributed by atoms with van der Waals surface area (Å²) in [7, 11) is 2.12. The Morgan fingerprint density at radius 1 is 1.39 bits per heavy atom. The maximum Gasteiger partial charge on any atom is 0.251 e. The number of H-pyrrole nitrogens is 1. The van der Waals surface area contributed by atoms with Crippen molar-refractivity contribution >= 4 is 22.6 Å². The predicted molar refractivity (Wildman–Crippen MR) is 85.0 cm³/mol. The van der Waals surface area contributed by atoms with Crippen LogP contribution in [0.4, 0.5) is 4.39 Å². The molecule has 2 aromatic heterocycles. The summed E-state index contributed by atoms with van der Waals surface area (Å²) in [4.78, 5) is 17.2. The molecule has 120 valence electrons. The second-order valence-corrected chi connectivity index (χ2v) is 6.28. The number of aromatic nitrogens is 3. The highest BCUT2D eigenvalue weighted by molar-refractivity contribution is 6.05. The van der Waals surface area contributed by atoms with E-state index in [4.69, 9.17) is 5.73 Å². The Kier molecular flexibility index (Phi) is 3.12. The van der Waals surface area contributed by atoms with Gasteiger partial charge in [0.2, 0.25) is 0 Å². The molecule has 3 N–H and O–H groups in total. The zero-order valence-corrected chi connectivity index (χ0v) is 12.8. The van der Waals surface area contributed by atoms with E-state index in [1.165, 1.54) is 6.07 Å². The summed E-state index contributed by atoms with van der Waals surface area (Å²) in [6.07, 6.45) is 3.96. The van der Waals surface area contributed by atoms with E-state index in [1.54, 1.807) is 4.52 Å². The third-order valence-corrected chi connectivity index (χ3v) is 4.76. The first-order valence-electron chi connectivity index (χ1n) is 7.72. The van der Waals surface area contributed by atoms with Crippen LogP contribution in [0.3, 0.4) is 0 Å². The number of nitrogens with one attached hydrogen (secondary N) is 1. The van der Waals surface area contributed by atoms with Crippen LogP contribution in [0.2, 0.25) is 0 Å². The molecular weight excluding hydrogens is 297 g/mol. The van der Waals surface area contributed by atoms with Crippen molar-refractivity contribution in [3.8, 4) is 0 Å². The number of nitrogens with zero attached hydrogens (tertiary/aromatic N) is 3. The summed E-state index contributed by atoms with van der Waals surface area (Å²) in [5.41, 5.74) is 8.55. The number of imidazole rings is 1. The molecular formula is C16H18FN5O. The van der Waals surface area contributed by atoms with Crippen LogP contribution >= 0.6 is 0 Å². The highest BCUT2D eigenvalue weighted by Gasteiger charge is 2.24. The van der Waals surface area contributed by atoms with E-state index in [9.17, 15) is 9.18 Å². The highest BCUT2D eigenvalue weighted by atomic mass is 19.1. The fraction of sp³-hybridized carbons (Fsp3) is 0.375. The molecule has 0 spiro atoms. The molecule has 0 unspecified atom stereocenters. The van der Waals surface area contributed by atoms with Crippen LogP contribution < -0.4 is 5.73 Å². The van der Waals surface area contributed by atoms with E-state index < -0.39 is 11.7 Å². The molecule has 1 aliphatic heterocycles. The van der Waals surface area contributed by atoms with E-state index in [2.05, 4.69) is 22.0 Å². The minimum Gasteiger partial charge on any atom is -0.366 e. The largest absolute Gasteiger partial charge is 0.366 e. The minimum absolute atomic E-state index is 0.143. The van der Waals surface area contributed by atoms with Crippen LogP contribution in [0.15, 0.2) is 18.3 Å². The number of likely N-dealkylation sites (tertiary alicyclic amines) is 1. The highest BCUT2D eigenvalue weighted by Crippen LogP contribution is 2.32. The summed E-state index contributed by atoms with van der Waals surface area (Å²) in [5, 5.41) is 4.42. The number of rotatable bonds is 2. The van der Waals surface area contributed by atoms with Gasteiger partial charge >= 0.3 is 0 Å². The number of benzene rings is 1. The van der Waals surface area contributed by atoms with Gasteiger partial charge in [-0.1, -0.05) is 0 Å². The normalized spacial score (nSPS) is 17.3. The minimum atomic E-state index is -0.660. The Morgan fingerprint density at radius 3 is 2.83 bits per heavy atom. The smallest absolute Gasteiger partial charge is 0.251 e. The third-order valence-electron chi connectivity index (χ3n) is 4.76. The molecule has 0 bridgehead atoms. The van der Waals surface area contributed by atoms with Gasteiger partial charge in [-0.25, -0.2) is 8.91 Å². The molecule has 1 aromatic carbocycles. The number of hydrogen-bond donors (Lipinski definition) is 2. The Hall–Kier alpha value is -2.41. The number of carbonyl (C=O) groups excluding carboxylic acids is 1. The zero-order valence-electron chi connectivity index (χ0n) is 12.8. The predicted octanol–water partition coefficient (Wildman–Crippen LogP) is 1.86. The SMILES string of the molecule is CN1CCC(c2cnn3c2[nH]c2cc(F)cc(C(N)=O)c23)CC1. The van der Waals surface area contributed by atoms with Gasteiger partial charge in [-0.2, -0.15) is 5.10 Å². The van der Waals surface area contributed by atoms with E-state index in [0.717, 1.165) is 43.2 Å². The lowest BCUT2D eigenvalue weighted by molar-refractivity contribution is 0.100. The van der Waals surface area contributed by atoms with Crippen LogP contribution in [0.1, 0.15) is 34.7 Å². The number of nitrogens with two attached hydrogens (primary N) is 1. The molecule has 0 aliphatic carbocycles. The fourth-order valence-corrected chi connectivity index (χ4v) is 3.51. The van der Waals surface area contributed by atoms with E-state index >= 15 is 0 Å². The monoisotopic (exact) mass is 315 g/mol. The van der Waals surface area contributed by atoms with Crippen molar-refractivity contribution in [3.05, 3.63) is 35.3 Å². The molecule has 4 rings (SSSR count). The van der Waals surface area contributed by atoms with Crippen LogP contribution in [-0.4, -0.2) is 45.5 Å². The lowest BCUT2D eigenvalue weighted by atomic mass is 9.91. The molecule has 1 saturated heterocycles. The molecule has 7 heteroatoms. The lowest BCUT2D eigenvalue weighted by Gasteiger charge is -2.28. The van der Waals surface area contributed by atoms with Crippen LogP contribution in [0.25, 0.3) is 16.7 Å². The van der Waals surface area contributed by atoms with Gasteiger partial charge in [0.1, 0.15) is 17.0 Å². The number of primary amides is 1. The van der Waals surface area contributed by atoms with Crippen LogP contribution in [0.5, 0.6) is 0 Å². The summed E-state index contributed by atoms with van der Waals surface area (Å²) in [5.74, 6) is -0.734.